The van der Waals surface area contributed by atoms with Gasteiger partial charge in [-0.3, -0.25) is 14.5 Å². The van der Waals surface area contributed by atoms with Crippen molar-refractivity contribution in [3.8, 4) is 0 Å². The zero-order valence-corrected chi connectivity index (χ0v) is 18.1. The van der Waals surface area contributed by atoms with Gasteiger partial charge in [0.15, 0.2) is 5.78 Å². The molecular formula is C22H27ClFN3O2. The van der Waals surface area contributed by atoms with Crippen LogP contribution in [0.4, 0.5) is 4.39 Å². The van der Waals surface area contributed by atoms with Gasteiger partial charge in [0.05, 0.1) is 17.1 Å². The summed E-state index contributed by atoms with van der Waals surface area (Å²) >= 11 is 6.02. The van der Waals surface area contributed by atoms with Crippen molar-refractivity contribution in [1.82, 2.24) is 14.4 Å². The molecule has 1 aliphatic heterocycles. The van der Waals surface area contributed by atoms with Crippen LogP contribution < -0.4 is 0 Å². The first-order valence-corrected chi connectivity index (χ1v) is 10.3. The predicted molar refractivity (Wildman–Crippen MR) is 112 cm³/mol. The zero-order valence-electron chi connectivity index (χ0n) is 17.3. The predicted octanol–water partition coefficient (Wildman–Crippen LogP) is 4.12. The van der Waals surface area contributed by atoms with Gasteiger partial charge in [-0.25, -0.2) is 4.39 Å². The number of aryl methyl sites for hydroxylation is 1. The van der Waals surface area contributed by atoms with E-state index in [0.29, 0.717) is 38.8 Å². The SMILES string of the molecule is Cc1cc(C(=O)CN2CCN(C(=O)c3c(F)cccc3Cl)CC2)c(C)n1C(C)C. The summed E-state index contributed by atoms with van der Waals surface area (Å²) in [5.74, 6) is -0.929. The molecule has 1 aliphatic rings. The molecule has 0 spiro atoms. The highest BCUT2D eigenvalue weighted by Crippen LogP contribution is 2.23. The smallest absolute Gasteiger partial charge is 0.258 e. The monoisotopic (exact) mass is 419 g/mol. The lowest BCUT2D eigenvalue weighted by atomic mass is 10.1. The summed E-state index contributed by atoms with van der Waals surface area (Å²) in [6, 6.07) is 6.49. The highest BCUT2D eigenvalue weighted by atomic mass is 35.5. The third kappa shape index (κ3) is 4.38. The summed E-state index contributed by atoms with van der Waals surface area (Å²) in [7, 11) is 0. The Morgan fingerprint density at radius 3 is 2.34 bits per heavy atom. The van der Waals surface area contributed by atoms with Crippen molar-refractivity contribution in [2.75, 3.05) is 32.7 Å². The van der Waals surface area contributed by atoms with Crippen molar-refractivity contribution in [3.63, 3.8) is 0 Å². The number of nitrogens with zero attached hydrogens (tertiary/aromatic N) is 3. The van der Waals surface area contributed by atoms with Gasteiger partial charge >= 0.3 is 0 Å². The lowest BCUT2D eigenvalue weighted by Crippen LogP contribution is -2.50. The van der Waals surface area contributed by atoms with E-state index in [4.69, 9.17) is 11.6 Å². The molecule has 7 heteroatoms. The second kappa shape index (κ2) is 8.67. The van der Waals surface area contributed by atoms with Gasteiger partial charge < -0.3 is 9.47 Å². The van der Waals surface area contributed by atoms with E-state index in [2.05, 4.69) is 18.4 Å². The van der Waals surface area contributed by atoms with Gasteiger partial charge in [0, 0.05) is 49.2 Å². The number of carbonyl (C=O) groups is 2. The average Bonchev–Trinajstić information content (AvgIpc) is 2.96. The minimum Gasteiger partial charge on any atom is -0.346 e. The summed E-state index contributed by atoms with van der Waals surface area (Å²) < 4.78 is 16.2. The lowest BCUT2D eigenvalue weighted by molar-refractivity contribution is 0.0620. The first-order chi connectivity index (χ1) is 13.7. The number of ketones is 1. The maximum Gasteiger partial charge on any atom is 0.258 e. The zero-order chi connectivity index (χ0) is 21.3. The number of amides is 1. The number of hydrogen-bond donors (Lipinski definition) is 0. The van der Waals surface area contributed by atoms with Crippen molar-refractivity contribution in [2.24, 2.45) is 0 Å². The van der Waals surface area contributed by atoms with Crippen LogP contribution in [-0.4, -0.2) is 58.8 Å². The normalized spacial score (nSPS) is 15.2. The number of benzene rings is 1. The maximum absolute atomic E-state index is 14.0. The number of Topliss-reactive ketones (excluding diaryl/α,β-unsaturated/α-hetero) is 1. The maximum atomic E-state index is 14.0. The van der Waals surface area contributed by atoms with E-state index in [9.17, 15) is 14.0 Å². The molecule has 3 rings (SSSR count). The lowest BCUT2D eigenvalue weighted by Gasteiger charge is -2.34. The fourth-order valence-electron chi connectivity index (χ4n) is 4.11. The fraction of sp³-hybridized carbons (Fsp3) is 0.455. The van der Waals surface area contributed by atoms with E-state index in [1.54, 1.807) is 4.90 Å². The third-order valence-electron chi connectivity index (χ3n) is 5.50. The van der Waals surface area contributed by atoms with Gasteiger partial charge in [0.2, 0.25) is 0 Å². The van der Waals surface area contributed by atoms with Crippen molar-refractivity contribution in [1.29, 1.82) is 0 Å². The Bertz CT molecular complexity index is 910. The quantitative estimate of drug-likeness (QED) is 0.685. The minimum atomic E-state index is -0.611. The Kier molecular flexibility index (Phi) is 6.44. The molecule has 0 saturated carbocycles. The molecule has 2 aromatic rings. The number of carbonyl (C=O) groups excluding carboxylic acids is 2. The van der Waals surface area contributed by atoms with Gasteiger partial charge in [-0.2, -0.15) is 0 Å². The Labute approximate surface area is 176 Å². The van der Waals surface area contributed by atoms with Crippen molar-refractivity contribution < 1.29 is 14.0 Å². The van der Waals surface area contributed by atoms with Crippen molar-refractivity contribution in [2.45, 2.75) is 33.7 Å². The molecule has 1 amide bonds. The molecule has 156 valence electrons. The van der Waals surface area contributed by atoms with Crippen LogP contribution in [0.5, 0.6) is 0 Å². The number of piperazine rings is 1. The Balaban J connectivity index is 1.62. The van der Waals surface area contributed by atoms with Crippen LogP contribution in [0.2, 0.25) is 5.02 Å². The third-order valence-corrected chi connectivity index (χ3v) is 5.82. The molecule has 0 bridgehead atoms. The molecule has 0 aliphatic carbocycles. The average molecular weight is 420 g/mol. The topological polar surface area (TPSA) is 45.6 Å². The fourth-order valence-corrected chi connectivity index (χ4v) is 4.36. The molecule has 1 fully saturated rings. The second-order valence-electron chi connectivity index (χ2n) is 7.84. The molecule has 5 nitrogen and oxygen atoms in total. The first kappa shape index (κ1) is 21.5. The highest BCUT2D eigenvalue weighted by Gasteiger charge is 2.27. The molecule has 0 radical (unpaired) electrons. The van der Waals surface area contributed by atoms with E-state index < -0.39 is 11.7 Å². The van der Waals surface area contributed by atoms with Crippen LogP contribution in [0.25, 0.3) is 0 Å². The van der Waals surface area contributed by atoms with Gasteiger partial charge in [-0.1, -0.05) is 17.7 Å². The summed E-state index contributed by atoms with van der Waals surface area (Å²) in [5.41, 5.74) is 2.75. The molecule has 2 heterocycles. The van der Waals surface area contributed by atoms with E-state index in [1.165, 1.54) is 18.2 Å². The van der Waals surface area contributed by atoms with Crippen molar-refractivity contribution >= 4 is 23.3 Å². The molecule has 1 aromatic carbocycles. The molecule has 0 N–H and O–H groups in total. The minimum absolute atomic E-state index is 0.0835. The van der Waals surface area contributed by atoms with E-state index in [1.807, 2.05) is 24.8 Å². The van der Waals surface area contributed by atoms with Gasteiger partial charge in [0.1, 0.15) is 5.82 Å². The van der Waals surface area contributed by atoms with Crippen LogP contribution in [0.3, 0.4) is 0 Å². The number of rotatable bonds is 5. The summed E-state index contributed by atoms with van der Waals surface area (Å²) in [6.45, 7) is 10.5. The Hall–Kier alpha value is -2.18. The standard InChI is InChI=1S/C22H27ClFN3O2/c1-14(2)27-15(3)12-17(16(27)4)20(28)13-25-8-10-26(11-9-25)22(29)21-18(23)6-5-7-19(21)24/h5-7,12,14H,8-11,13H2,1-4H3. The van der Waals surface area contributed by atoms with Gasteiger partial charge in [-0.05, 0) is 45.9 Å². The second-order valence-corrected chi connectivity index (χ2v) is 8.24. The molecule has 1 aromatic heterocycles. The summed E-state index contributed by atoms with van der Waals surface area (Å²) in [5, 5.41) is 0.119. The largest absolute Gasteiger partial charge is 0.346 e. The molecule has 0 unspecified atom stereocenters. The van der Waals surface area contributed by atoms with Crippen LogP contribution >= 0.6 is 11.6 Å². The van der Waals surface area contributed by atoms with Crippen molar-refractivity contribution in [3.05, 3.63) is 57.6 Å². The summed E-state index contributed by atoms with van der Waals surface area (Å²) in [6.07, 6.45) is 0. The van der Waals surface area contributed by atoms with E-state index in [-0.39, 0.29) is 16.4 Å². The van der Waals surface area contributed by atoms with E-state index >= 15 is 0 Å². The number of halogens is 2. The Morgan fingerprint density at radius 2 is 1.79 bits per heavy atom. The van der Waals surface area contributed by atoms with E-state index in [0.717, 1.165) is 17.0 Å². The molecule has 29 heavy (non-hydrogen) atoms. The number of hydrogen-bond acceptors (Lipinski definition) is 3. The van der Waals surface area contributed by atoms with Gasteiger partial charge in [0.25, 0.3) is 5.91 Å². The van der Waals surface area contributed by atoms with Crippen LogP contribution in [0.15, 0.2) is 24.3 Å². The number of aromatic nitrogens is 1. The van der Waals surface area contributed by atoms with Crippen LogP contribution in [-0.2, 0) is 0 Å². The summed E-state index contributed by atoms with van der Waals surface area (Å²) in [4.78, 5) is 29.1. The highest BCUT2D eigenvalue weighted by molar-refractivity contribution is 6.33. The molecule has 0 atom stereocenters. The van der Waals surface area contributed by atoms with Crippen LogP contribution in [0, 0.1) is 19.7 Å². The van der Waals surface area contributed by atoms with Crippen LogP contribution in [0.1, 0.15) is 52.0 Å². The Morgan fingerprint density at radius 1 is 1.14 bits per heavy atom. The first-order valence-electron chi connectivity index (χ1n) is 9.88. The van der Waals surface area contributed by atoms with Gasteiger partial charge in [-0.15, -0.1) is 0 Å². The molecular weight excluding hydrogens is 393 g/mol. The molecule has 1 saturated heterocycles.